The van der Waals surface area contributed by atoms with Crippen LogP contribution < -0.4 is 10.2 Å². The van der Waals surface area contributed by atoms with Gasteiger partial charge in [0.1, 0.15) is 11.0 Å². The number of halogens is 1. The highest BCUT2D eigenvalue weighted by Crippen LogP contribution is 2.26. The number of anilines is 2. The van der Waals surface area contributed by atoms with Crippen LogP contribution in [0.5, 0.6) is 0 Å². The van der Waals surface area contributed by atoms with Gasteiger partial charge in [-0.25, -0.2) is 9.97 Å². The van der Waals surface area contributed by atoms with E-state index in [2.05, 4.69) is 27.1 Å². The van der Waals surface area contributed by atoms with Crippen LogP contribution in [0.3, 0.4) is 0 Å². The van der Waals surface area contributed by atoms with Gasteiger partial charge in [0, 0.05) is 36.2 Å². The van der Waals surface area contributed by atoms with Crippen molar-refractivity contribution >= 4 is 40.8 Å². The molecular weight excluding hydrogens is 428 g/mol. The molecule has 1 aliphatic rings. The first-order valence-electron chi connectivity index (χ1n) is 10.4. The number of hydrogen-bond donors (Lipinski definition) is 1. The zero-order valence-electron chi connectivity index (χ0n) is 17.7. The molecule has 0 atom stereocenters. The normalized spacial score (nSPS) is 13.5. The summed E-state index contributed by atoms with van der Waals surface area (Å²) in [6.07, 6.45) is 2.38. The Morgan fingerprint density at radius 3 is 2.48 bits per heavy atom. The van der Waals surface area contributed by atoms with E-state index in [0.29, 0.717) is 21.6 Å². The van der Waals surface area contributed by atoms with E-state index in [1.165, 1.54) is 18.4 Å². The molecule has 7 heteroatoms. The van der Waals surface area contributed by atoms with E-state index in [9.17, 15) is 4.79 Å². The second-order valence-electron chi connectivity index (χ2n) is 7.76. The van der Waals surface area contributed by atoms with Crippen LogP contribution >= 0.6 is 23.4 Å². The third-order valence-corrected chi connectivity index (χ3v) is 6.55. The maximum absolute atomic E-state index is 12.5. The van der Waals surface area contributed by atoms with E-state index in [-0.39, 0.29) is 5.91 Å². The van der Waals surface area contributed by atoms with Gasteiger partial charge in [-0.15, -0.1) is 0 Å². The first-order chi connectivity index (χ1) is 15.0. The number of thioether (sulfide) groups is 1. The van der Waals surface area contributed by atoms with Crippen molar-refractivity contribution < 1.29 is 4.79 Å². The number of aromatic nitrogens is 2. The first-order valence-corrected chi connectivity index (χ1v) is 11.7. The number of nitrogens with one attached hydrogen (secondary N) is 1. The van der Waals surface area contributed by atoms with Gasteiger partial charge < -0.3 is 10.2 Å². The maximum atomic E-state index is 12.5. The van der Waals surface area contributed by atoms with Crippen molar-refractivity contribution in [3.8, 4) is 0 Å². The summed E-state index contributed by atoms with van der Waals surface area (Å²) < 4.78 is 0. The van der Waals surface area contributed by atoms with Crippen molar-refractivity contribution in [2.45, 2.75) is 37.6 Å². The largest absolute Gasteiger partial charge is 0.356 e. The number of rotatable bonds is 6. The Morgan fingerprint density at radius 1 is 1.03 bits per heavy atom. The number of carbonyl (C=O) groups excluding carboxylic acids is 1. The number of nitrogens with zero attached hydrogens (tertiary/aromatic N) is 3. The summed E-state index contributed by atoms with van der Waals surface area (Å²) in [5, 5.41) is 4.10. The van der Waals surface area contributed by atoms with Crippen LogP contribution in [-0.2, 0) is 5.75 Å². The molecule has 0 saturated carbocycles. The topological polar surface area (TPSA) is 58.1 Å². The Hall–Kier alpha value is -2.57. The van der Waals surface area contributed by atoms with Crippen LogP contribution in [0, 0.1) is 13.8 Å². The lowest BCUT2D eigenvalue weighted by atomic mass is 10.1. The number of amides is 1. The molecule has 1 N–H and O–H groups in total. The van der Waals surface area contributed by atoms with Gasteiger partial charge in [-0.3, -0.25) is 4.79 Å². The number of aryl methyl sites for hydroxylation is 2. The fourth-order valence-corrected chi connectivity index (χ4v) is 4.52. The lowest BCUT2D eigenvalue weighted by molar-refractivity contribution is 0.102. The van der Waals surface area contributed by atoms with E-state index < -0.39 is 0 Å². The Morgan fingerprint density at radius 2 is 1.77 bits per heavy atom. The Kier molecular flexibility index (Phi) is 6.78. The summed E-state index contributed by atoms with van der Waals surface area (Å²) in [7, 11) is 0. The molecule has 3 aromatic rings. The molecule has 160 valence electrons. The summed E-state index contributed by atoms with van der Waals surface area (Å²) in [6.45, 7) is 6.13. The summed E-state index contributed by atoms with van der Waals surface area (Å²) in [4.78, 5) is 23.8. The molecule has 0 bridgehead atoms. The molecule has 0 aliphatic carbocycles. The van der Waals surface area contributed by atoms with Crippen molar-refractivity contribution in [1.82, 2.24) is 9.97 Å². The fraction of sp³-hybridized carbons (Fsp3) is 0.292. The fourth-order valence-electron chi connectivity index (χ4n) is 3.48. The highest BCUT2D eigenvalue weighted by Gasteiger charge is 2.16. The average molecular weight is 453 g/mol. The van der Waals surface area contributed by atoms with E-state index in [4.69, 9.17) is 11.6 Å². The van der Waals surface area contributed by atoms with Gasteiger partial charge >= 0.3 is 0 Å². The van der Waals surface area contributed by atoms with E-state index >= 15 is 0 Å². The highest BCUT2D eigenvalue weighted by atomic mass is 35.5. The minimum absolute atomic E-state index is 0.115. The molecule has 0 unspecified atom stereocenters. The standard InChI is InChI=1S/C24H25ClN4OS/c1-16-5-10-20(13-17(16)2)26-23(30)19-8-6-18(7-9-19)15-31-24-27-21(25)14-22(28-24)29-11-3-4-12-29/h5-10,13-14H,3-4,11-12,15H2,1-2H3,(H,26,30). The van der Waals surface area contributed by atoms with Crippen LogP contribution in [-0.4, -0.2) is 29.0 Å². The van der Waals surface area contributed by atoms with Gasteiger partial charge in [0.25, 0.3) is 5.91 Å². The van der Waals surface area contributed by atoms with Crippen LogP contribution in [0.15, 0.2) is 53.7 Å². The molecule has 5 nitrogen and oxygen atoms in total. The molecule has 4 rings (SSSR count). The molecule has 1 aliphatic heterocycles. The average Bonchev–Trinajstić information content (AvgIpc) is 3.30. The smallest absolute Gasteiger partial charge is 0.255 e. The molecular formula is C24H25ClN4OS. The van der Waals surface area contributed by atoms with Crippen molar-refractivity contribution in [2.24, 2.45) is 0 Å². The third-order valence-electron chi connectivity index (χ3n) is 5.44. The number of hydrogen-bond acceptors (Lipinski definition) is 5. The summed E-state index contributed by atoms with van der Waals surface area (Å²) in [5.74, 6) is 1.49. The van der Waals surface area contributed by atoms with Crippen LogP contribution in [0.25, 0.3) is 0 Å². The Bertz CT molecular complexity index is 1080. The number of carbonyl (C=O) groups is 1. The molecule has 1 fully saturated rings. The zero-order chi connectivity index (χ0) is 21.8. The minimum atomic E-state index is -0.115. The Balaban J connectivity index is 1.37. The first kappa shape index (κ1) is 21.7. The van der Waals surface area contributed by atoms with Gasteiger partial charge in [-0.1, -0.05) is 41.6 Å². The van der Waals surface area contributed by atoms with Crippen LogP contribution in [0.4, 0.5) is 11.5 Å². The van der Waals surface area contributed by atoms with Gasteiger partial charge in [0.05, 0.1) is 0 Å². The van der Waals surface area contributed by atoms with Crippen molar-refractivity contribution in [1.29, 1.82) is 0 Å². The summed E-state index contributed by atoms with van der Waals surface area (Å²) >= 11 is 7.76. The predicted molar refractivity (Wildman–Crippen MR) is 128 cm³/mol. The molecule has 31 heavy (non-hydrogen) atoms. The van der Waals surface area contributed by atoms with Gasteiger partial charge in [0.2, 0.25) is 0 Å². The van der Waals surface area contributed by atoms with E-state index in [0.717, 1.165) is 35.7 Å². The van der Waals surface area contributed by atoms with Crippen molar-refractivity contribution in [3.05, 3.63) is 75.9 Å². The lowest BCUT2D eigenvalue weighted by Crippen LogP contribution is -2.19. The maximum Gasteiger partial charge on any atom is 0.255 e. The van der Waals surface area contributed by atoms with Gasteiger partial charge in [-0.2, -0.15) is 0 Å². The molecule has 1 aromatic heterocycles. The molecule has 1 saturated heterocycles. The zero-order valence-corrected chi connectivity index (χ0v) is 19.3. The molecule has 2 aromatic carbocycles. The molecule has 1 amide bonds. The SMILES string of the molecule is Cc1ccc(NC(=O)c2ccc(CSc3nc(Cl)cc(N4CCCC4)n3)cc2)cc1C. The highest BCUT2D eigenvalue weighted by molar-refractivity contribution is 7.98. The summed E-state index contributed by atoms with van der Waals surface area (Å²) in [6, 6.07) is 15.4. The predicted octanol–water partition coefficient (Wildman–Crippen LogP) is 5.89. The quantitative estimate of drug-likeness (QED) is 0.287. The van der Waals surface area contributed by atoms with Gasteiger partial charge in [-0.05, 0) is 67.6 Å². The minimum Gasteiger partial charge on any atom is -0.356 e. The van der Waals surface area contributed by atoms with E-state index in [1.54, 1.807) is 11.8 Å². The molecule has 0 radical (unpaired) electrons. The molecule has 0 spiro atoms. The van der Waals surface area contributed by atoms with Crippen molar-refractivity contribution in [2.75, 3.05) is 23.3 Å². The summed E-state index contributed by atoms with van der Waals surface area (Å²) in [5.41, 5.74) is 4.89. The monoisotopic (exact) mass is 452 g/mol. The van der Waals surface area contributed by atoms with Crippen LogP contribution in [0.1, 0.15) is 39.9 Å². The third kappa shape index (κ3) is 5.57. The van der Waals surface area contributed by atoms with Crippen molar-refractivity contribution in [3.63, 3.8) is 0 Å². The lowest BCUT2D eigenvalue weighted by Gasteiger charge is -2.16. The second kappa shape index (κ2) is 9.71. The number of benzene rings is 2. The Labute approximate surface area is 192 Å². The van der Waals surface area contributed by atoms with Crippen LogP contribution in [0.2, 0.25) is 5.15 Å². The van der Waals surface area contributed by atoms with Gasteiger partial charge in [0.15, 0.2) is 5.16 Å². The second-order valence-corrected chi connectivity index (χ2v) is 9.09. The van der Waals surface area contributed by atoms with E-state index in [1.807, 2.05) is 55.5 Å². The molecule has 2 heterocycles.